The summed E-state index contributed by atoms with van der Waals surface area (Å²) in [5.41, 5.74) is 5.46. The van der Waals surface area contributed by atoms with Crippen LogP contribution in [0.15, 0.2) is 24.4 Å². The fourth-order valence-corrected chi connectivity index (χ4v) is 1.93. The number of amides is 1. The van der Waals surface area contributed by atoms with Gasteiger partial charge in [0, 0.05) is 17.0 Å². The standard InChI is InChI=1S/C12H10ClN3O3/c13-8-2-1-6-7(10(8)16-9(17)5-14)3-4-15-11(6)12(18)19/h1-4H,5,14H2,(H,16,17)(H,18,19). The highest BCUT2D eigenvalue weighted by molar-refractivity contribution is 6.35. The minimum atomic E-state index is -1.15. The monoisotopic (exact) mass is 279 g/mol. The summed E-state index contributed by atoms with van der Waals surface area (Å²) < 4.78 is 0. The molecule has 1 aromatic carbocycles. The summed E-state index contributed by atoms with van der Waals surface area (Å²) >= 11 is 6.01. The molecule has 0 aliphatic heterocycles. The van der Waals surface area contributed by atoms with Crippen LogP contribution in [-0.4, -0.2) is 28.5 Å². The van der Waals surface area contributed by atoms with Gasteiger partial charge in [0.1, 0.15) is 0 Å². The first kappa shape index (κ1) is 13.3. The van der Waals surface area contributed by atoms with E-state index in [0.717, 1.165) is 0 Å². The maximum atomic E-state index is 11.4. The molecule has 0 saturated heterocycles. The highest BCUT2D eigenvalue weighted by Gasteiger charge is 2.15. The zero-order chi connectivity index (χ0) is 14.0. The van der Waals surface area contributed by atoms with Crippen molar-refractivity contribution in [3.63, 3.8) is 0 Å². The van der Waals surface area contributed by atoms with Crippen LogP contribution in [0.2, 0.25) is 5.02 Å². The molecular weight excluding hydrogens is 270 g/mol. The number of rotatable bonds is 3. The summed E-state index contributed by atoms with van der Waals surface area (Å²) in [6, 6.07) is 4.64. The first-order valence-electron chi connectivity index (χ1n) is 5.35. The van der Waals surface area contributed by atoms with Gasteiger partial charge in [0.05, 0.1) is 17.3 Å². The number of hydrogen-bond donors (Lipinski definition) is 3. The smallest absolute Gasteiger partial charge is 0.355 e. The van der Waals surface area contributed by atoms with Crippen molar-refractivity contribution in [3.05, 3.63) is 35.1 Å². The Morgan fingerprint density at radius 3 is 2.68 bits per heavy atom. The topological polar surface area (TPSA) is 105 Å². The summed E-state index contributed by atoms with van der Waals surface area (Å²) in [5.74, 6) is -1.56. The molecule has 6 nitrogen and oxygen atoms in total. The number of halogens is 1. The molecule has 0 saturated carbocycles. The van der Waals surface area contributed by atoms with Gasteiger partial charge in [-0.3, -0.25) is 4.79 Å². The van der Waals surface area contributed by atoms with E-state index in [1.54, 1.807) is 12.1 Å². The Hall–Kier alpha value is -2.18. The quantitative estimate of drug-likeness (QED) is 0.789. The summed E-state index contributed by atoms with van der Waals surface area (Å²) in [6.45, 7) is -0.191. The first-order valence-corrected chi connectivity index (χ1v) is 5.73. The molecule has 0 aliphatic rings. The molecule has 0 atom stereocenters. The third kappa shape index (κ3) is 2.49. The molecule has 4 N–H and O–H groups in total. The van der Waals surface area contributed by atoms with Crippen LogP contribution in [-0.2, 0) is 4.79 Å². The average Bonchev–Trinajstić information content (AvgIpc) is 2.40. The van der Waals surface area contributed by atoms with Gasteiger partial charge in [-0.15, -0.1) is 0 Å². The highest BCUT2D eigenvalue weighted by atomic mass is 35.5. The molecule has 1 heterocycles. The number of pyridine rings is 1. The van der Waals surface area contributed by atoms with E-state index in [-0.39, 0.29) is 12.2 Å². The molecule has 1 aromatic heterocycles. The van der Waals surface area contributed by atoms with E-state index in [1.807, 2.05) is 0 Å². The van der Waals surface area contributed by atoms with Gasteiger partial charge in [-0.05, 0) is 12.1 Å². The number of hydrogen-bond acceptors (Lipinski definition) is 4. The van der Waals surface area contributed by atoms with Crippen molar-refractivity contribution < 1.29 is 14.7 Å². The average molecular weight is 280 g/mol. The second kappa shape index (κ2) is 5.21. The van der Waals surface area contributed by atoms with Crippen molar-refractivity contribution in [2.24, 2.45) is 5.73 Å². The van der Waals surface area contributed by atoms with Crippen LogP contribution < -0.4 is 11.1 Å². The molecule has 98 valence electrons. The van der Waals surface area contributed by atoms with Gasteiger partial charge in [-0.2, -0.15) is 0 Å². The van der Waals surface area contributed by atoms with Gasteiger partial charge in [-0.1, -0.05) is 17.7 Å². The number of nitrogens with one attached hydrogen (secondary N) is 1. The predicted molar refractivity (Wildman–Crippen MR) is 71.4 cm³/mol. The van der Waals surface area contributed by atoms with Gasteiger partial charge in [0.15, 0.2) is 5.69 Å². The Kier molecular flexibility index (Phi) is 3.64. The number of aromatic nitrogens is 1. The van der Waals surface area contributed by atoms with Crippen molar-refractivity contribution in [3.8, 4) is 0 Å². The predicted octanol–water partition coefficient (Wildman–Crippen LogP) is 1.48. The second-order valence-electron chi connectivity index (χ2n) is 3.73. The lowest BCUT2D eigenvalue weighted by atomic mass is 10.1. The Labute approximate surface area is 113 Å². The lowest BCUT2D eigenvalue weighted by Crippen LogP contribution is -2.22. The largest absolute Gasteiger partial charge is 0.476 e. The van der Waals surface area contributed by atoms with Gasteiger partial charge >= 0.3 is 5.97 Å². The lowest BCUT2D eigenvalue weighted by molar-refractivity contribution is -0.114. The van der Waals surface area contributed by atoms with E-state index in [2.05, 4.69) is 10.3 Å². The van der Waals surface area contributed by atoms with Gasteiger partial charge in [0.25, 0.3) is 0 Å². The number of carboxylic acid groups (broad SMARTS) is 1. The van der Waals surface area contributed by atoms with E-state index < -0.39 is 11.9 Å². The summed E-state index contributed by atoms with van der Waals surface area (Å²) in [5, 5.41) is 12.8. The van der Waals surface area contributed by atoms with E-state index >= 15 is 0 Å². The molecule has 0 spiro atoms. The normalized spacial score (nSPS) is 10.4. The Morgan fingerprint density at radius 1 is 1.32 bits per heavy atom. The number of benzene rings is 1. The molecule has 0 unspecified atom stereocenters. The Bertz CT molecular complexity index is 673. The Morgan fingerprint density at radius 2 is 2.05 bits per heavy atom. The lowest BCUT2D eigenvalue weighted by Gasteiger charge is -2.11. The molecule has 0 fully saturated rings. The van der Waals surface area contributed by atoms with Crippen LogP contribution in [0.4, 0.5) is 5.69 Å². The van der Waals surface area contributed by atoms with Crippen molar-refractivity contribution in [2.45, 2.75) is 0 Å². The number of fused-ring (bicyclic) bond motifs is 1. The zero-order valence-electron chi connectivity index (χ0n) is 9.68. The van der Waals surface area contributed by atoms with Crippen molar-refractivity contribution >= 4 is 39.9 Å². The van der Waals surface area contributed by atoms with Gasteiger partial charge in [0.2, 0.25) is 5.91 Å². The number of carbonyl (C=O) groups is 2. The molecule has 19 heavy (non-hydrogen) atoms. The SMILES string of the molecule is NCC(=O)Nc1c(Cl)ccc2c(C(=O)O)nccc12. The molecular formula is C12H10ClN3O3. The van der Waals surface area contributed by atoms with Crippen LogP contribution in [0.25, 0.3) is 10.8 Å². The van der Waals surface area contributed by atoms with Gasteiger partial charge < -0.3 is 16.2 Å². The fourth-order valence-electron chi connectivity index (χ4n) is 1.72. The number of nitrogens with two attached hydrogens (primary N) is 1. The Balaban J connectivity index is 2.69. The molecule has 0 bridgehead atoms. The molecule has 0 radical (unpaired) electrons. The minimum Gasteiger partial charge on any atom is -0.476 e. The second-order valence-corrected chi connectivity index (χ2v) is 4.14. The maximum absolute atomic E-state index is 11.4. The van der Waals surface area contributed by atoms with Crippen molar-refractivity contribution in [1.82, 2.24) is 4.98 Å². The number of carboxylic acids is 1. The van der Waals surface area contributed by atoms with E-state index in [0.29, 0.717) is 21.5 Å². The van der Waals surface area contributed by atoms with E-state index in [9.17, 15) is 9.59 Å². The third-order valence-electron chi connectivity index (χ3n) is 2.55. The van der Waals surface area contributed by atoms with Crippen LogP contribution in [0, 0.1) is 0 Å². The molecule has 7 heteroatoms. The molecule has 0 aliphatic carbocycles. The third-order valence-corrected chi connectivity index (χ3v) is 2.86. The number of nitrogens with zero attached hydrogens (tertiary/aromatic N) is 1. The van der Waals surface area contributed by atoms with E-state index in [4.69, 9.17) is 22.4 Å². The molecule has 2 aromatic rings. The van der Waals surface area contributed by atoms with Crippen LogP contribution in [0.5, 0.6) is 0 Å². The van der Waals surface area contributed by atoms with Crippen molar-refractivity contribution in [1.29, 1.82) is 0 Å². The van der Waals surface area contributed by atoms with Crippen LogP contribution >= 0.6 is 11.6 Å². The maximum Gasteiger partial charge on any atom is 0.355 e. The highest BCUT2D eigenvalue weighted by Crippen LogP contribution is 2.32. The molecule has 2 rings (SSSR count). The number of anilines is 1. The summed E-state index contributed by atoms with van der Waals surface area (Å²) in [6.07, 6.45) is 1.35. The fraction of sp³-hybridized carbons (Fsp3) is 0.0833. The molecule has 1 amide bonds. The zero-order valence-corrected chi connectivity index (χ0v) is 10.4. The van der Waals surface area contributed by atoms with Crippen LogP contribution in [0.1, 0.15) is 10.5 Å². The van der Waals surface area contributed by atoms with Crippen LogP contribution in [0.3, 0.4) is 0 Å². The number of carbonyl (C=O) groups excluding carboxylic acids is 1. The number of aromatic carboxylic acids is 1. The summed E-state index contributed by atoms with van der Waals surface area (Å²) in [4.78, 5) is 26.3. The summed E-state index contributed by atoms with van der Waals surface area (Å²) in [7, 11) is 0. The van der Waals surface area contributed by atoms with Gasteiger partial charge in [-0.25, -0.2) is 9.78 Å². The van der Waals surface area contributed by atoms with E-state index in [1.165, 1.54) is 12.3 Å². The minimum absolute atomic E-state index is 0.0996. The van der Waals surface area contributed by atoms with Crippen molar-refractivity contribution in [2.75, 3.05) is 11.9 Å². The first-order chi connectivity index (χ1) is 9.04.